The van der Waals surface area contributed by atoms with Crippen LogP contribution in [0.5, 0.6) is 5.75 Å². The average Bonchev–Trinajstić information content (AvgIpc) is 2.56. The summed E-state index contributed by atoms with van der Waals surface area (Å²) in [4.78, 5) is 13.6. The smallest absolute Gasteiger partial charge is 0.406 e. The van der Waals surface area contributed by atoms with Gasteiger partial charge in [-0.25, -0.2) is 0 Å². The topological polar surface area (TPSA) is 41.6 Å². The van der Waals surface area contributed by atoms with Crippen LogP contribution in [0.3, 0.4) is 0 Å². The fourth-order valence-electron chi connectivity index (χ4n) is 2.48. The Morgan fingerprint density at radius 3 is 2.24 bits per heavy atom. The van der Waals surface area contributed by atoms with Gasteiger partial charge in [0.15, 0.2) is 0 Å². The molecule has 0 saturated heterocycles. The van der Waals surface area contributed by atoms with Crippen molar-refractivity contribution >= 4 is 23.2 Å². The van der Waals surface area contributed by atoms with E-state index in [-0.39, 0.29) is 23.9 Å². The lowest BCUT2D eigenvalue weighted by atomic mass is 10.1. The highest BCUT2D eigenvalue weighted by Crippen LogP contribution is 2.38. The number of para-hydroxylation sites is 1. The summed E-state index contributed by atoms with van der Waals surface area (Å²) in [6, 6.07) is 8.15. The van der Waals surface area contributed by atoms with E-state index in [9.17, 15) is 31.1 Å². The predicted octanol–water partition coefficient (Wildman–Crippen LogP) is 5.33. The molecule has 4 nitrogen and oxygen atoms in total. The maximum Gasteiger partial charge on any atom is 0.573 e. The van der Waals surface area contributed by atoms with Crippen LogP contribution in [0.4, 0.5) is 32.0 Å². The first-order valence-corrected chi connectivity index (χ1v) is 8.42. The van der Waals surface area contributed by atoms with Crippen molar-refractivity contribution in [1.29, 1.82) is 0 Å². The maximum atomic E-state index is 13.1. The van der Waals surface area contributed by atoms with Gasteiger partial charge in [-0.3, -0.25) is 9.69 Å². The molecule has 11 heteroatoms. The summed E-state index contributed by atoms with van der Waals surface area (Å²) in [5, 5.41) is 1.91. The Morgan fingerprint density at radius 1 is 1.07 bits per heavy atom. The molecule has 0 aromatic heterocycles. The number of nitrogens with zero attached hydrogens (tertiary/aromatic N) is 1. The monoisotopic (exact) mass is 440 g/mol. The van der Waals surface area contributed by atoms with Gasteiger partial charge in [0.05, 0.1) is 22.8 Å². The van der Waals surface area contributed by atoms with Crippen molar-refractivity contribution < 1.29 is 35.9 Å². The van der Waals surface area contributed by atoms with Gasteiger partial charge < -0.3 is 10.1 Å². The van der Waals surface area contributed by atoms with Crippen LogP contribution in [0.25, 0.3) is 0 Å². The number of anilines is 1. The largest absolute Gasteiger partial charge is 0.573 e. The zero-order valence-electron chi connectivity index (χ0n) is 14.9. The van der Waals surface area contributed by atoms with E-state index in [1.165, 1.54) is 30.1 Å². The van der Waals surface area contributed by atoms with Gasteiger partial charge in [0.25, 0.3) is 0 Å². The van der Waals surface area contributed by atoms with Crippen molar-refractivity contribution in [2.75, 3.05) is 18.9 Å². The van der Waals surface area contributed by atoms with Crippen LogP contribution in [0.2, 0.25) is 5.02 Å². The Kier molecular flexibility index (Phi) is 7.02. The molecule has 0 bridgehead atoms. The van der Waals surface area contributed by atoms with Crippen LogP contribution < -0.4 is 10.1 Å². The summed E-state index contributed by atoms with van der Waals surface area (Å²) < 4.78 is 79.4. The van der Waals surface area contributed by atoms with Crippen molar-refractivity contribution in [3.05, 3.63) is 58.6 Å². The molecule has 0 unspecified atom stereocenters. The molecule has 2 aromatic rings. The fraction of sp³-hybridized carbons (Fsp3) is 0.278. The van der Waals surface area contributed by atoms with Gasteiger partial charge in [0, 0.05) is 6.54 Å². The second kappa shape index (κ2) is 8.91. The van der Waals surface area contributed by atoms with E-state index in [2.05, 4.69) is 10.1 Å². The number of nitrogens with one attached hydrogen (secondary N) is 1. The third-order valence-corrected chi connectivity index (χ3v) is 3.92. The highest BCUT2D eigenvalue weighted by atomic mass is 35.5. The number of benzene rings is 2. The number of likely N-dealkylation sites (N-methyl/N-ethyl adjacent to an activating group) is 1. The second-order valence-electron chi connectivity index (χ2n) is 6.07. The van der Waals surface area contributed by atoms with Crippen molar-refractivity contribution in [2.24, 2.45) is 0 Å². The summed E-state index contributed by atoms with van der Waals surface area (Å²) in [6.07, 6.45) is -9.50. The molecule has 0 aliphatic heterocycles. The Bertz CT molecular complexity index is 853. The molecule has 1 N–H and O–H groups in total. The van der Waals surface area contributed by atoms with Crippen LogP contribution in [-0.4, -0.2) is 30.8 Å². The predicted molar refractivity (Wildman–Crippen MR) is 94.5 cm³/mol. The minimum absolute atomic E-state index is 0.161. The third kappa shape index (κ3) is 7.13. The van der Waals surface area contributed by atoms with E-state index >= 15 is 0 Å². The number of hydrogen-bond acceptors (Lipinski definition) is 3. The Hall–Kier alpha value is -2.46. The van der Waals surface area contributed by atoms with Crippen molar-refractivity contribution in [1.82, 2.24) is 4.90 Å². The molecule has 0 aliphatic rings. The Morgan fingerprint density at radius 2 is 1.69 bits per heavy atom. The summed E-state index contributed by atoms with van der Waals surface area (Å²) in [7, 11) is 1.52. The number of halogens is 7. The Balaban J connectivity index is 1.98. The molecule has 0 spiro atoms. The first-order valence-electron chi connectivity index (χ1n) is 8.04. The molecular weight excluding hydrogens is 426 g/mol. The molecule has 1 amide bonds. The molecule has 29 heavy (non-hydrogen) atoms. The van der Waals surface area contributed by atoms with Crippen LogP contribution >= 0.6 is 11.6 Å². The summed E-state index contributed by atoms with van der Waals surface area (Å²) in [5.41, 5.74) is -1.03. The minimum atomic E-state index is -4.80. The molecule has 2 aromatic carbocycles. The van der Waals surface area contributed by atoms with Gasteiger partial charge in [-0.05, 0) is 36.9 Å². The quantitative estimate of drug-likeness (QED) is 0.617. The van der Waals surface area contributed by atoms with Gasteiger partial charge in [-0.15, -0.1) is 13.2 Å². The van der Waals surface area contributed by atoms with Gasteiger partial charge in [0.1, 0.15) is 5.75 Å². The molecular formula is C18H15ClF6N2O2. The zero-order chi connectivity index (χ0) is 21.8. The zero-order valence-corrected chi connectivity index (χ0v) is 15.6. The van der Waals surface area contributed by atoms with E-state index in [0.29, 0.717) is 5.56 Å². The molecule has 0 saturated carbocycles. The average molecular weight is 441 g/mol. The van der Waals surface area contributed by atoms with Crippen LogP contribution in [-0.2, 0) is 17.5 Å². The number of ether oxygens (including phenoxy) is 1. The van der Waals surface area contributed by atoms with Gasteiger partial charge in [0.2, 0.25) is 5.91 Å². The van der Waals surface area contributed by atoms with Gasteiger partial charge >= 0.3 is 12.5 Å². The normalized spacial score (nSPS) is 12.2. The van der Waals surface area contributed by atoms with Crippen LogP contribution in [0.15, 0.2) is 42.5 Å². The molecule has 0 heterocycles. The number of carbonyl (C=O) groups excluding carboxylic acids is 1. The summed E-state index contributed by atoms with van der Waals surface area (Å²) in [5.74, 6) is -1.12. The first kappa shape index (κ1) is 22.8. The SMILES string of the molecule is CN(CC(=O)Nc1c(Cl)cccc1C(F)(F)F)Cc1ccc(OC(F)(F)F)cc1. The van der Waals surface area contributed by atoms with E-state index in [1.807, 2.05) is 0 Å². The van der Waals surface area contributed by atoms with Crippen LogP contribution in [0, 0.1) is 0 Å². The first-order chi connectivity index (χ1) is 13.3. The highest BCUT2D eigenvalue weighted by molar-refractivity contribution is 6.34. The molecule has 2 rings (SSSR count). The highest BCUT2D eigenvalue weighted by Gasteiger charge is 2.35. The number of carbonyl (C=O) groups is 1. The second-order valence-corrected chi connectivity index (χ2v) is 6.48. The Labute approximate surface area is 167 Å². The van der Waals surface area contributed by atoms with E-state index < -0.39 is 29.7 Å². The third-order valence-electron chi connectivity index (χ3n) is 3.61. The van der Waals surface area contributed by atoms with E-state index in [0.717, 1.165) is 24.3 Å². The lowest BCUT2D eigenvalue weighted by Crippen LogP contribution is -2.30. The van der Waals surface area contributed by atoms with Crippen molar-refractivity contribution in [2.45, 2.75) is 19.1 Å². The standard InChI is InChI=1S/C18H15ClF6N2O2/c1-27(9-11-5-7-12(8-6-11)29-18(23,24)25)10-15(28)26-16-13(17(20,21)22)3-2-4-14(16)19/h2-8H,9-10H2,1H3,(H,26,28). The number of hydrogen-bond donors (Lipinski definition) is 1. The molecule has 158 valence electrons. The van der Waals surface area contributed by atoms with Crippen molar-refractivity contribution in [3.8, 4) is 5.75 Å². The van der Waals surface area contributed by atoms with Gasteiger partial charge in [-0.1, -0.05) is 29.8 Å². The molecule has 0 fully saturated rings. The van der Waals surface area contributed by atoms with Gasteiger partial charge in [-0.2, -0.15) is 13.2 Å². The molecule has 0 aliphatic carbocycles. The van der Waals surface area contributed by atoms with Crippen LogP contribution in [0.1, 0.15) is 11.1 Å². The number of alkyl halides is 6. The lowest BCUT2D eigenvalue weighted by molar-refractivity contribution is -0.274. The van der Waals surface area contributed by atoms with E-state index in [1.54, 1.807) is 0 Å². The molecule has 0 atom stereocenters. The molecule has 0 radical (unpaired) electrons. The van der Waals surface area contributed by atoms with E-state index in [4.69, 9.17) is 11.6 Å². The summed E-state index contributed by atoms with van der Waals surface area (Å²) >= 11 is 5.79. The minimum Gasteiger partial charge on any atom is -0.406 e. The maximum absolute atomic E-state index is 13.1. The number of rotatable bonds is 6. The number of amides is 1. The van der Waals surface area contributed by atoms with Crippen molar-refractivity contribution in [3.63, 3.8) is 0 Å². The summed E-state index contributed by atoms with van der Waals surface area (Å²) in [6.45, 7) is -0.113. The lowest BCUT2D eigenvalue weighted by Gasteiger charge is -2.19. The fourth-order valence-corrected chi connectivity index (χ4v) is 2.70.